The molecule has 4 unspecified atom stereocenters. The topological polar surface area (TPSA) is 466 Å². The van der Waals surface area contributed by atoms with Gasteiger partial charge in [-0.1, -0.05) is 60.7 Å². The Morgan fingerprint density at radius 3 is 0.862 bits per heavy atom. The lowest BCUT2D eigenvalue weighted by atomic mass is 9.92. The van der Waals surface area contributed by atoms with E-state index in [2.05, 4.69) is 47.3 Å². The molecule has 3 aliphatic carbocycles. The Kier molecular flexibility index (Phi) is 30.7. The zero-order valence-corrected chi connectivity index (χ0v) is 76.0. The molecule has 0 spiro atoms. The summed E-state index contributed by atoms with van der Waals surface area (Å²) in [6, 6.07) is 44.3. The number of carbonyl (C=O) groups excluding carboxylic acids is 12. The van der Waals surface area contributed by atoms with Crippen LogP contribution in [-0.2, 0) is 84.1 Å². The van der Waals surface area contributed by atoms with Gasteiger partial charge in [0.15, 0.2) is 46.3 Å². The highest BCUT2D eigenvalue weighted by molar-refractivity contribution is 7.86. The predicted molar refractivity (Wildman–Crippen MR) is 487 cm³/mol. The summed E-state index contributed by atoms with van der Waals surface area (Å²) >= 11 is 0. The molecule has 9 N–H and O–H groups in total. The molecule has 145 heavy (non-hydrogen) atoms. The van der Waals surface area contributed by atoms with Crippen LogP contribution in [0.4, 0.5) is 132 Å². The molecular weight excluding hydrogens is 1960 g/mol. The van der Waals surface area contributed by atoms with E-state index in [-0.39, 0.29) is 68.3 Å². The van der Waals surface area contributed by atoms with E-state index in [1.807, 2.05) is 18.2 Å². The second-order valence-corrected chi connectivity index (χ2v) is 34.7. The number of fused-ring (bicyclic) bond motifs is 3. The zero-order chi connectivity index (χ0) is 104. The first-order valence-electron chi connectivity index (χ1n) is 42.9. The number of hydrogen-bond donors (Lipinski definition) is 9. The number of nitrogens with one attached hydrogen (secondary N) is 8. The average Bonchev–Trinajstić information content (AvgIpc) is 1.71. The Labute approximate surface area is 812 Å². The zero-order valence-electron chi connectivity index (χ0n) is 75.2. The van der Waals surface area contributed by atoms with Crippen LogP contribution in [0, 0.1) is 40.3 Å². The van der Waals surface area contributed by atoms with Crippen LogP contribution in [-0.4, -0.2) is 130 Å². The maximum absolute atomic E-state index is 15.6. The molecule has 11 aromatic rings. The average molecular weight is 2040 g/mol. The second kappa shape index (κ2) is 43.0. The highest BCUT2D eigenvalue weighted by Crippen LogP contribution is 2.46. The Morgan fingerprint density at radius 1 is 0.324 bits per heavy atom. The van der Waals surface area contributed by atoms with Crippen LogP contribution >= 0.6 is 0 Å². The molecule has 4 atom stereocenters. The van der Waals surface area contributed by atoms with E-state index in [0.717, 1.165) is 101 Å². The number of rotatable bonds is 30. The molecule has 0 heterocycles. The van der Waals surface area contributed by atoms with Gasteiger partial charge < -0.3 is 56.8 Å². The predicted octanol–water partition coefficient (Wildman–Crippen LogP) is 20.9. The van der Waals surface area contributed by atoms with Gasteiger partial charge >= 0.3 is 94.2 Å². The number of anilines is 8. The third kappa shape index (κ3) is 25.9. The summed E-state index contributed by atoms with van der Waals surface area (Å²) < 4.78 is 255. The van der Waals surface area contributed by atoms with Gasteiger partial charge in [0.1, 0.15) is 60.3 Å². The number of alkyl halides is 5. The van der Waals surface area contributed by atoms with Crippen molar-refractivity contribution in [3.05, 3.63) is 321 Å². The van der Waals surface area contributed by atoms with Gasteiger partial charge in [-0.3, -0.25) is 47.1 Å². The van der Waals surface area contributed by atoms with Crippen molar-refractivity contribution in [2.24, 2.45) is 5.41 Å². The van der Waals surface area contributed by atoms with E-state index in [9.17, 15) is 96.7 Å². The normalized spacial score (nSPS) is 16.0. The monoisotopic (exact) mass is 2040 g/mol. The molecular formula is C98H77F11N8O27S. The fourth-order valence-corrected chi connectivity index (χ4v) is 15.7. The maximum atomic E-state index is 15.6. The van der Waals surface area contributed by atoms with Crippen molar-refractivity contribution >= 4 is 128 Å². The Morgan fingerprint density at radius 2 is 0.586 bits per heavy atom. The summed E-state index contributed by atoms with van der Waals surface area (Å²) in [6.45, 7) is 0.265. The highest BCUT2D eigenvalue weighted by Gasteiger charge is 2.66. The standard InChI is InChI=1S/C98H77F11N8O27S/c1-93(35-32-52-10-4-5-19-69(52)93)142-81(119)56-23-29-77(73(102)39-56)138-90(127)115-66-16-7-12-62(45-66)111-86(123)134-49-96(48-133-85(122)110-61-11-6-15-65(44-61)114-89(126)137-76-28-22-55(38-72(76)101)80(118)141-84(97(105,106)107)98(108,109)145(130,131)132,50-135-87(124)112-63-13-8-17-67(46-63)116-91(128)139-78-30-24-57(40-74(78)103)82(120)143-94(2)36-33-53-20-26-59(99)42-70(53)94)51-136-88(125)113-64-14-9-18-68(47-64)117-92(129)140-79-31-25-58(41-75(79)104)83(121)144-95(3)37-34-54-21-27-60(100)43-71(54)95/h4-31,38-47,84H,32-37,48-51H2,1-3H3,(H,110,122)(H,111,123)(H,112,124)(H,113,125)(H,114,126)(H,115,127)(H,116,128)(H,117,129)(H,130,131,132). The smallest absolute Gasteiger partial charge is 0.432 e. The SMILES string of the molecule is CC1(OC(=O)c2ccc(OC(=O)Nc3cccc(NC(=O)OCC(COC(=O)Nc4cccc(NC(=O)Oc5ccc(C(=O)OC(C(F)(F)F)C(F)(F)S(=O)(=O)O)cc5F)c4)(COC(=O)Nc4cccc(NC(=O)Oc5ccc(C(=O)OC6(C)CCc7ccc(F)cc76)cc5F)c4)COC(=O)Nc4cccc(NC(=O)Oc5ccc(C(=O)OC6(C)CCc7ccc(F)cc76)cc5F)c4)c3)c(F)c2)CCc2ccccc21. The third-order valence-corrected chi connectivity index (χ3v) is 23.5. The number of aryl methyl sites for hydroxylation is 3. The van der Waals surface area contributed by atoms with Crippen molar-refractivity contribution in [2.75, 3.05) is 69.0 Å². The van der Waals surface area contributed by atoms with E-state index >= 15 is 17.6 Å². The second-order valence-electron chi connectivity index (χ2n) is 33.3. The Balaban J connectivity index is 0.679. The first kappa shape index (κ1) is 103. The molecule has 0 aliphatic heterocycles. The van der Waals surface area contributed by atoms with E-state index in [1.54, 1.807) is 39.0 Å². The maximum Gasteiger partial charge on any atom is 0.432 e. The third-order valence-electron chi connectivity index (χ3n) is 22.6. The summed E-state index contributed by atoms with van der Waals surface area (Å²) in [6.07, 6.45) is -19.8. The summed E-state index contributed by atoms with van der Waals surface area (Å²) in [5, 5.41) is 12.3. The summed E-state index contributed by atoms with van der Waals surface area (Å²) in [5.41, 5.74) is -5.40. The summed E-state index contributed by atoms with van der Waals surface area (Å²) in [4.78, 5) is 162. The number of carbonyl (C=O) groups is 12. The lowest BCUT2D eigenvalue weighted by molar-refractivity contribution is -0.248. The highest BCUT2D eigenvalue weighted by atomic mass is 32.2. The number of amides is 8. The summed E-state index contributed by atoms with van der Waals surface area (Å²) in [5.74, 6) is -14.7. The largest absolute Gasteiger partial charge is 0.451 e. The van der Waals surface area contributed by atoms with Gasteiger partial charge in [-0.25, -0.2) is 83.9 Å². The van der Waals surface area contributed by atoms with E-state index in [0.29, 0.717) is 61.8 Å². The quantitative estimate of drug-likeness (QED) is 0.00873. The molecule has 0 radical (unpaired) electrons. The van der Waals surface area contributed by atoms with Gasteiger partial charge in [-0.15, -0.1) is 0 Å². The first-order valence-corrected chi connectivity index (χ1v) is 44.4. The van der Waals surface area contributed by atoms with Crippen LogP contribution in [0.5, 0.6) is 23.0 Å². The number of benzene rings is 11. The van der Waals surface area contributed by atoms with Crippen molar-refractivity contribution in [3.63, 3.8) is 0 Å². The minimum atomic E-state index is -6.88. The molecule has 0 saturated carbocycles. The van der Waals surface area contributed by atoms with Gasteiger partial charge in [0.05, 0.1) is 22.3 Å². The molecule has 8 amide bonds. The molecule has 0 saturated heterocycles. The van der Waals surface area contributed by atoms with Gasteiger partial charge in [0.25, 0.3) is 6.10 Å². The molecule has 0 aromatic heterocycles. The van der Waals surface area contributed by atoms with E-state index in [4.69, 9.17) is 56.7 Å². The molecule has 47 heteroatoms. The van der Waals surface area contributed by atoms with Crippen LogP contribution in [0.3, 0.4) is 0 Å². The van der Waals surface area contributed by atoms with Crippen molar-refractivity contribution in [1.82, 2.24) is 0 Å². The molecule has 11 aromatic carbocycles. The van der Waals surface area contributed by atoms with Crippen LogP contribution in [0.2, 0.25) is 0 Å². The molecule has 0 fully saturated rings. The minimum absolute atomic E-state index is 0.0330. The number of ether oxygens (including phenoxy) is 12. The number of esters is 4. The first-order chi connectivity index (χ1) is 68.6. The van der Waals surface area contributed by atoms with Crippen LogP contribution in [0.15, 0.2) is 231 Å². The van der Waals surface area contributed by atoms with Crippen molar-refractivity contribution in [1.29, 1.82) is 0 Å². The lowest BCUT2D eigenvalue weighted by Gasteiger charge is -2.31. The van der Waals surface area contributed by atoms with Crippen LogP contribution in [0.1, 0.15) is 115 Å². The lowest BCUT2D eigenvalue weighted by Crippen LogP contribution is -2.52. The molecule has 3 aliphatic rings. The van der Waals surface area contributed by atoms with E-state index in [1.165, 1.54) is 97.1 Å². The Bertz CT molecular complexity index is 6870. The van der Waals surface area contributed by atoms with Gasteiger partial charge in [-0.05, 0) is 251 Å². The van der Waals surface area contributed by atoms with Crippen LogP contribution < -0.4 is 61.5 Å². The minimum Gasteiger partial charge on any atom is -0.451 e. The van der Waals surface area contributed by atoms with Gasteiger partial charge in [0, 0.05) is 56.6 Å². The van der Waals surface area contributed by atoms with Gasteiger partial charge in [0.2, 0.25) is 0 Å². The summed E-state index contributed by atoms with van der Waals surface area (Å²) in [7, 11) is -6.88. The van der Waals surface area contributed by atoms with Crippen molar-refractivity contribution < 1.29 is 176 Å². The molecule has 754 valence electrons. The number of hydrogen-bond acceptors (Lipinski definition) is 26. The van der Waals surface area contributed by atoms with E-state index < -0.39 is 212 Å². The molecule has 0 bridgehead atoms. The fourth-order valence-electron chi connectivity index (χ4n) is 15.3. The fraction of sp³-hybridized carbons (Fsp3) is 0.204. The molecule has 35 nitrogen and oxygen atoms in total. The van der Waals surface area contributed by atoms with Gasteiger partial charge in [-0.2, -0.15) is 30.4 Å². The van der Waals surface area contributed by atoms with Crippen molar-refractivity contribution in [3.8, 4) is 23.0 Å². The van der Waals surface area contributed by atoms with Crippen molar-refractivity contribution in [2.45, 2.75) is 93.6 Å². The molecule has 14 rings (SSSR count). The number of halogens is 11. The Hall–Kier alpha value is -17.4. The van der Waals surface area contributed by atoms with Crippen LogP contribution in [0.25, 0.3) is 0 Å².